The van der Waals surface area contributed by atoms with Gasteiger partial charge in [0.1, 0.15) is 0 Å². The predicted molar refractivity (Wildman–Crippen MR) is 49.9 cm³/mol. The van der Waals surface area contributed by atoms with Gasteiger partial charge in [0.15, 0.2) is 0 Å². The molecule has 11 heavy (non-hydrogen) atoms. The van der Waals surface area contributed by atoms with Crippen molar-refractivity contribution in [2.75, 3.05) is 0 Å². The van der Waals surface area contributed by atoms with Crippen LogP contribution in [-0.4, -0.2) is 0 Å². The molecule has 0 saturated heterocycles. The largest absolute Gasteiger partial charge is 0.0876 e. The molecule has 0 amide bonds. The maximum absolute atomic E-state index is 3.47. The molecule has 0 N–H and O–H groups in total. The van der Waals surface area contributed by atoms with Crippen molar-refractivity contribution in [2.24, 2.45) is 0 Å². The van der Waals surface area contributed by atoms with E-state index in [9.17, 15) is 0 Å². The predicted octanol–water partition coefficient (Wildman–Crippen LogP) is 3.26. The maximum atomic E-state index is 3.47. The van der Waals surface area contributed by atoms with Gasteiger partial charge in [-0.3, -0.25) is 0 Å². The topological polar surface area (TPSA) is 0 Å². The Kier molecular flexibility index (Phi) is 1.99. The van der Waals surface area contributed by atoms with Crippen LogP contribution in [0.15, 0.2) is 18.2 Å². The average Bonchev–Trinajstić information content (AvgIpc) is 2.87. The number of hydrogen-bond donors (Lipinski definition) is 0. The minimum Gasteiger partial charge on any atom is -0.0876 e. The lowest BCUT2D eigenvalue weighted by Crippen LogP contribution is -1.87. The van der Waals surface area contributed by atoms with Crippen LogP contribution in [0.2, 0.25) is 0 Å². The van der Waals surface area contributed by atoms with Crippen molar-refractivity contribution < 1.29 is 0 Å². The van der Waals surface area contributed by atoms with Gasteiger partial charge in [-0.05, 0) is 36.0 Å². The molecule has 0 spiro atoms. The number of halogens is 1. The molecule has 0 aromatic heterocycles. The first-order chi connectivity index (χ1) is 5.42. The first-order valence-corrected chi connectivity index (χ1v) is 5.09. The zero-order valence-electron chi connectivity index (χ0n) is 6.31. The Bertz CT molecular complexity index is 251. The van der Waals surface area contributed by atoms with Crippen molar-refractivity contribution in [2.45, 2.75) is 24.1 Å². The van der Waals surface area contributed by atoms with E-state index in [1.807, 2.05) is 6.07 Å². The van der Waals surface area contributed by atoms with Gasteiger partial charge in [-0.15, -0.1) is 0 Å². The highest BCUT2D eigenvalue weighted by Crippen LogP contribution is 2.41. The van der Waals surface area contributed by atoms with Gasteiger partial charge in [-0.2, -0.15) is 0 Å². The van der Waals surface area contributed by atoms with Gasteiger partial charge in [0.05, 0.1) is 0 Å². The van der Waals surface area contributed by atoms with E-state index in [2.05, 4.69) is 34.1 Å². The summed E-state index contributed by atoms with van der Waals surface area (Å²) in [6, 6.07) is 9.56. The Hall–Kier alpha value is -0.300. The number of alkyl halides is 1. The molecule has 0 atom stereocenters. The highest BCUT2D eigenvalue weighted by atomic mass is 79.9. The highest BCUT2D eigenvalue weighted by molar-refractivity contribution is 9.08. The highest BCUT2D eigenvalue weighted by Gasteiger charge is 2.24. The Balaban J connectivity index is 2.34. The monoisotopic (exact) mass is 209 g/mol. The minimum atomic E-state index is 0.847. The molecule has 0 nitrogen and oxygen atoms in total. The lowest BCUT2D eigenvalue weighted by molar-refractivity contribution is 1.09. The van der Waals surface area contributed by atoms with E-state index in [4.69, 9.17) is 0 Å². The third-order valence-corrected chi connectivity index (χ3v) is 2.69. The molecule has 1 fully saturated rings. The molecule has 1 aliphatic rings. The summed E-state index contributed by atoms with van der Waals surface area (Å²) in [6.45, 7) is 0. The fraction of sp³-hybridized carbons (Fsp3) is 0.400. The maximum Gasteiger partial charge on any atom is 0.0292 e. The van der Waals surface area contributed by atoms with Crippen molar-refractivity contribution in [3.05, 3.63) is 35.4 Å². The molecule has 1 radical (unpaired) electrons. The van der Waals surface area contributed by atoms with E-state index in [-0.39, 0.29) is 0 Å². The summed E-state index contributed by atoms with van der Waals surface area (Å²) >= 11 is 3.47. The van der Waals surface area contributed by atoms with Crippen LogP contribution < -0.4 is 0 Å². The van der Waals surface area contributed by atoms with Crippen LogP contribution in [0.4, 0.5) is 0 Å². The lowest BCUT2D eigenvalue weighted by atomic mass is 10.1. The van der Waals surface area contributed by atoms with E-state index in [0.29, 0.717) is 0 Å². The molecule has 0 heterocycles. The van der Waals surface area contributed by atoms with Gasteiger partial charge >= 0.3 is 0 Å². The Morgan fingerprint density at radius 2 is 2.36 bits per heavy atom. The Labute approximate surface area is 75.8 Å². The summed E-state index contributed by atoms with van der Waals surface area (Å²) in [7, 11) is 0. The van der Waals surface area contributed by atoms with Gasteiger partial charge in [0.2, 0.25) is 0 Å². The molecular weight excluding hydrogens is 200 g/mol. The summed E-state index contributed by atoms with van der Waals surface area (Å²) in [6.07, 6.45) is 2.75. The Morgan fingerprint density at radius 1 is 1.55 bits per heavy atom. The van der Waals surface area contributed by atoms with Crippen molar-refractivity contribution >= 4 is 15.9 Å². The van der Waals surface area contributed by atoms with Crippen LogP contribution in [0.5, 0.6) is 0 Å². The third kappa shape index (κ3) is 1.48. The smallest absolute Gasteiger partial charge is 0.0292 e. The summed E-state index contributed by atoms with van der Waals surface area (Å²) in [5.41, 5.74) is 2.85. The number of rotatable bonds is 2. The van der Waals surface area contributed by atoms with Crippen LogP contribution in [0.25, 0.3) is 0 Å². The normalized spacial score (nSPS) is 16.8. The van der Waals surface area contributed by atoms with Gasteiger partial charge in [-0.25, -0.2) is 0 Å². The second-order valence-electron chi connectivity index (χ2n) is 3.01. The van der Waals surface area contributed by atoms with Crippen molar-refractivity contribution in [1.82, 2.24) is 0 Å². The summed E-state index contributed by atoms with van der Waals surface area (Å²) < 4.78 is 0. The molecular formula is C10H10Br. The minimum absolute atomic E-state index is 0.847. The third-order valence-electron chi connectivity index (χ3n) is 2.13. The molecule has 1 saturated carbocycles. The van der Waals surface area contributed by atoms with Gasteiger partial charge in [0.25, 0.3) is 0 Å². The fourth-order valence-electron chi connectivity index (χ4n) is 1.38. The molecule has 57 valence electrons. The van der Waals surface area contributed by atoms with Crippen LogP contribution in [0, 0.1) is 6.07 Å². The van der Waals surface area contributed by atoms with E-state index in [1.165, 1.54) is 24.0 Å². The molecule has 0 aliphatic heterocycles. The van der Waals surface area contributed by atoms with E-state index in [1.54, 1.807) is 0 Å². The van der Waals surface area contributed by atoms with E-state index >= 15 is 0 Å². The SMILES string of the molecule is BrCc1[c]cccc1C1CC1. The lowest BCUT2D eigenvalue weighted by Gasteiger charge is -2.02. The number of benzene rings is 1. The fourth-order valence-corrected chi connectivity index (χ4v) is 1.86. The summed E-state index contributed by atoms with van der Waals surface area (Å²) in [4.78, 5) is 0. The summed E-state index contributed by atoms with van der Waals surface area (Å²) in [5, 5.41) is 0.944. The number of hydrogen-bond acceptors (Lipinski definition) is 0. The quantitative estimate of drug-likeness (QED) is 0.657. The average molecular weight is 210 g/mol. The van der Waals surface area contributed by atoms with Gasteiger partial charge < -0.3 is 0 Å². The Morgan fingerprint density at radius 3 is 3.00 bits per heavy atom. The molecule has 1 heteroatoms. The van der Waals surface area contributed by atoms with Gasteiger partial charge in [-0.1, -0.05) is 34.1 Å². The molecule has 1 aromatic rings. The zero-order chi connectivity index (χ0) is 7.68. The second-order valence-corrected chi connectivity index (χ2v) is 3.57. The van der Waals surface area contributed by atoms with E-state index in [0.717, 1.165) is 11.2 Å². The van der Waals surface area contributed by atoms with Crippen molar-refractivity contribution in [3.8, 4) is 0 Å². The molecule has 0 unspecified atom stereocenters. The van der Waals surface area contributed by atoms with Crippen LogP contribution in [-0.2, 0) is 5.33 Å². The molecule has 1 aliphatic carbocycles. The first kappa shape index (κ1) is 7.35. The first-order valence-electron chi connectivity index (χ1n) is 3.97. The van der Waals surface area contributed by atoms with Crippen molar-refractivity contribution in [3.63, 3.8) is 0 Å². The molecule has 2 rings (SSSR count). The van der Waals surface area contributed by atoms with Crippen molar-refractivity contribution in [1.29, 1.82) is 0 Å². The van der Waals surface area contributed by atoms with Gasteiger partial charge in [0, 0.05) is 5.33 Å². The zero-order valence-corrected chi connectivity index (χ0v) is 7.89. The van der Waals surface area contributed by atoms with Crippen LogP contribution >= 0.6 is 15.9 Å². The standard InChI is InChI=1S/C10H10Br/c11-7-9-3-1-2-4-10(9)8-5-6-8/h1-2,4,8H,5-7H2. The van der Waals surface area contributed by atoms with Crippen LogP contribution in [0.3, 0.4) is 0 Å². The molecule has 1 aromatic carbocycles. The molecule has 0 bridgehead atoms. The van der Waals surface area contributed by atoms with Crippen LogP contribution in [0.1, 0.15) is 29.9 Å². The second kappa shape index (κ2) is 2.98. The summed E-state index contributed by atoms with van der Waals surface area (Å²) in [5.74, 6) is 0.847. The van der Waals surface area contributed by atoms with E-state index < -0.39 is 0 Å².